The normalized spacial score (nSPS) is 16.5. The van der Waals surface area contributed by atoms with Gasteiger partial charge in [-0.05, 0) is 23.3 Å². The van der Waals surface area contributed by atoms with Gasteiger partial charge in [-0.2, -0.15) is 0 Å². The average molecular weight is 373 g/mol. The Morgan fingerprint density at radius 3 is 2.77 bits per heavy atom. The summed E-state index contributed by atoms with van der Waals surface area (Å²) in [5, 5.41) is 5.73. The van der Waals surface area contributed by atoms with Crippen molar-refractivity contribution in [3.05, 3.63) is 64.9 Å². The van der Waals surface area contributed by atoms with Crippen LogP contribution in [0.15, 0.2) is 48.8 Å². The summed E-state index contributed by atoms with van der Waals surface area (Å²) in [5.41, 5.74) is 1.52. The van der Waals surface area contributed by atoms with Crippen LogP contribution < -0.4 is 10.6 Å². The summed E-state index contributed by atoms with van der Waals surface area (Å²) >= 11 is 6.08. The Bertz CT molecular complexity index is 828. The number of imide groups is 1. The van der Waals surface area contributed by atoms with Crippen molar-refractivity contribution in [3.8, 4) is 0 Å². The van der Waals surface area contributed by atoms with Crippen molar-refractivity contribution in [2.45, 2.75) is 25.6 Å². The van der Waals surface area contributed by atoms with E-state index in [1.165, 1.54) is 0 Å². The lowest BCUT2D eigenvalue weighted by Gasteiger charge is -2.14. The maximum Gasteiger partial charge on any atom is 0.325 e. The molecule has 7 nitrogen and oxygen atoms in total. The summed E-state index contributed by atoms with van der Waals surface area (Å²) in [7, 11) is 0. The molecule has 2 aromatic rings. The Morgan fingerprint density at radius 1 is 1.23 bits per heavy atom. The molecule has 2 heterocycles. The molecule has 1 saturated heterocycles. The fraction of sp³-hybridized carbons (Fsp3) is 0.222. The van der Waals surface area contributed by atoms with E-state index in [0.29, 0.717) is 17.1 Å². The van der Waals surface area contributed by atoms with Gasteiger partial charge in [-0.3, -0.25) is 19.5 Å². The Kier molecular flexibility index (Phi) is 5.48. The van der Waals surface area contributed by atoms with Crippen LogP contribution in [0.25, 0.3) is 0 Å². The lowest BCUT2D eigenvalue weighted by molar-refractivity contribution is -0.131. The molecule has 26 heavy (non-hydrogen) atoms. The summed E-state index contributed by atoms with van der Waals surface area (Å²) in [5.74, 6) is -0.765. The highest BCUT2D eigenvalue weighted by molar-refractivity contribution is 6.31. The monoisotopic (exact) mass is 372 g/mol. The van der Waals surface area contributed by atoms with Gasteiger partial charge in [0.2, 0.25) is 5.91 Å². The third kappa shape index (κ3) is 4.18. The number of carbonyl (C=O) groups excluding carboxylic acids is 3. The second-order valence-electron chi connectivity index (χ2n) is 5.86. The lowest BCUT2D eigenvalue weighted by Crippen LogP contribution is -2.36. The average Bonchev–Trinajstić information content (AvgIpc) is 2.90. The topological polar surface area (TPSA) is 91.4 Å². The Labute approximate surface area is 155 Å². The van der Waals surface area contributed by atoms with Crippen molar-refractivity contribution in [3.63, 3.8) is 0 Å². The van der Waals surface area contributed by atoms with E-state index >= 15 is 0 Å². The van der Waals surface area contributed by atoms with Crippen LogP contribution in [-0.4, -0.2) is 33.8 Å². The molecule has 2 N–H and O–H groups in total. The molecule has 1 atom stereocenters. The molecule has 0 radical (unpaired) electrons. The van der Waals surface area contributed by atoms with E-state index in [4.69, 9.17) is 11.6 Å². The molecular weight excluding hydrogens is 356 g/mol. The first kappa shape index (κ1) is 17.9. The number of nitrogens with zero attached hydrogens (tertiary/aromatic N) is 2. The summed E-state index contributed by atoms with van der Waals surface area (Å²) in [6.45, 7) is 0.378. The number of benzene rings is 1. The van der Waals surface area contributed by atoms with Crippen LogP contribution >= 0.6 is 11.6 Å². The van der Waals surface area contributed by atoms with Gasteiger partial charge in [0.1, 0.15) is 6.04 Å². The maximum atomic E-state index is 12.5. The van der Waals surface area contributed by atoms with Gasteiger partial charge in [-0.25, -0.2) is 4.79 Å². The van der Waals surface area contributed by atoms with Gasteiger partial charge in [-0.15, -0.1) is 0 Å². The van der Waals surface area contributed by atoms with Crippen molar-refractivity contribution >= 4 is 29.4 Å². The van der Waals surface area contributed by atoms with E-state index in [2.05, 4.69) is 15.6 Å². The number of urea groups is 1. The van der Waals surface area contributed by atoms with Crippen LogP contribution in [0.5, 0.6) is 0 Å². The minimum absolute atomic E-state index is 0.0676. The molecule has 1 aliphatic rings. The van der Waals surface area contributed by atoms with Gasteiger partial charge in [0.15, 0.2) is 0 Å². The Hall–Kier alpha value is -2.93. The minimum atomic E-state index is -0.876. The number of nitrogens with one attached hydrogen (secondary N) is 2. The molecule has 4 amide bonds. The first-order valence-corrected chi connectivity index (χ1v) is 8.43. The fourth-order valence-corrected chi connectivity index (χ4v) is 2.82. The first-order chi connectivity index (χ1) is 12.5. The summed E-state index contributed by atoms with van der Waals surface area (Å²) in [6, 6.07) is 9.19. The molecule has 8 heteroatoms. The van der Waals surface area contributed by atoms with E-state index in [0.717, 1.165) is 10.5 Å². The minimum Gasteiger partial charge on any atom is -0.352 e. The van der Waals surface area contributed by atoms with E-state index in [1.807, 2.05) is 6.07 Å². The third-order valence-corrected chi connectivity index (χ3v) is 4.36. The second kappa shape index (κ2) is 7.97. The largest absolute Gasteiger partial charge is 0.352 e. The van der Waals surface area contributed by atoms with E-state index < -0.39 is 18.0 Å². The highest BCUT2D eigenvalue weighted by Crippen LogP contribution is 2.20. The number of rotatable bonds is 6. The molecule has 1 fully saturated rings. The number of hydrogen-bond donors (Lipinski definition) is 2. The Balaban J connectivity index is 1.56. The third-order valence-electron chi connectivity index (χ3n) is 4.00. The lowest BCUT2D eigenvalue weighted by atomic mass is 10.1. The van der Waals surface area contributed by atoms with Crippen molar-refractivity contribution in [1.29, 1.82) is 0 Å². The smallest absolute Gasteiger partial charge is 0.325 e. The highest BCUT2D eigenvalue weighted by Gasteiger charge is 2.39. The van der Waals surface area contributed by atoms with Crippen molar-refractivity contribution in [2.24, 2.45) is 0 Å². The zero-order valence-electron chi connectivity index (χ0n) is 13.8. The van der Waals surface area contributed by atoms with Gasteiger partial charge in [0.25, 0.3) is 5.91 Å². The quantitative estimate of drug-likeness (QED) is 0.757. The van der Waals surface area contributed by atoms with Crippen LogP contribution in [0.3, 0.4) is 0 Å². The standard InChI is InChI=1S/C18H17ClN4O3/c19-14-6-2-1-5-13(14)11-23-17(25)15(22-18(23)26)8-16(24)21-10-12-4-3-7-20-9-12/h1-7,9,15H,8,10-11H2,(H,21,24)(H,22,26). The first-order valence-electron chi connectivity index (χ1n) is 8.05. The number of aromatic nitrogens is 1. The summed E-state index contributed by atoms with van der Waals surface area (Å²) < 4.78 is 0. The maximum absolute atomic E-state index is 12.5. The molecule has 1 unspecified atom stereocenters. The predicted molar refractivity (Wildman–Crippen MR) is 95.0 cm³/mol. The molecule has 0 saturated carbocycles. The number of hydrogen-bond acceptors (Lipinski definition) is 4. The molecule has 0 spiro atoms. The van der Waals surface area contributed by atoms with Gasteiger partial charge in [0, 0.05) is 24.0 Å². The van der Waals surface area contributed by atoms with Crippen molar-refractivity contribution in [2.75, 3.05) is 0 Å². The highest BCUT2D eigenvalue weighted by atomic mass is 35.5. The molecule has 0 bridgehead atoms. The number of amides is 4. The molecule has 0 aliphatic carbocycles. The fourth-order valence-electron chi connectivity index (χ4n) is 2.62. The number of carbonyl (C=O) groups is 3. The van der Waals surface area contributed by atoms with Gasteiger partial charge in [0.05, 0.1) is 13.0 Å². The SMILES string of the molecule is O=C(CC1NC(=O)N(Cc2ccccc2Cl)C1=O)NCc1cccnc1. The van der Waals surface area contributed by atoms with E-state index in [9.17, 15) is 14.4 Å². The van der Waals surface area contributed by atoms with Crippen LogP contribution in [0, 0.1) is 0 Å². The van der Waals surface area contributed by atoms with Gasteiger partial charge < -0.3 is 10.6 Å². The summed E-state index contributed by atoms with van der Waals surface area (Å²) in [6.07, 6.45) is 3.17. The van der Waals surface area contributed by atoms with Crippen LogP contribution in [0.1, 0.15) is 17.5 Å². The van der Waals surface area contributed by atoms with Crippen LogP contribution in [0.4, 0.5) is 4.79 Å². The van der Waals surface area contributed by atoms with Gasteiger partial charge >= 0.3 is 6.03 Å². The van der Waals surface area contributed by atoms with Crippen molar-refractivity contribution < 1.29 is 14.4 Å². The number of halogens is 1. The van der Waals surface area contributed by atoms with E-state index in [-0.39, 0.29) is 18.9 Å². The number of pyridine rings is 1. The summed E-state index contributed by atoms with van der Waals surface area (Å²) in [4.78, 5) is 41.6. The molecule has 1 aliphatic heterocycles. The zero-order chi connectivity index (χ0) is 18.5. The predicted octanol–water partition coefficient (Wildman–Crippen LogP) is 1.86. The molecule has 3 rings (SSSR count). The van der Waals surface area contributed by atoms with Crippen LogP contribution in [-0.2, 0) is 22.7 Å². The Morgan fingerprint density at radius 2 is 2.04 bits per heavy atom. The molecule has 1 aromatic heterocycles. The zero-order valence-corrected chi connectivity index (χ0v) is 14.6. The van der Waals surface area contributed by atoms with E-state index in [1.54, 1.807) is 42.7 Å². The molecule has 1 aromatic carbocycles. The van der Waals surface area contributed by atoms with Gasteiger partial charge in [-0.1, -0.05) is 35.9 Å². The molecular formula is C18H17ClN4O3. The molecule has 134 valence electrons. The van der Waals surface area contributed by atoms with Crippen LogP contribution in [0.2, 0.25) is 5.02 Å². The van der Waals surface area contributed by atoms with Crippen molar-refractivity contribution in [1.82, 2.24) is 20.5 Å². The second-order valence-corrected chi connectivity index (χ2v) is 6.27.